The standard InChI is InChI=1S/C14H12ClN3O2S/c1-20-12-6-11(15)16-14(17-12)18-13(19)9-7-21-10-5-3-2-4-8(9)10/h2-6,9H,7H2,1H3,(H,16,17,18,19). The third kappa shape index (κ3) is 2.96. The van der Waals surface area contributed by atoms with Crippen LogP contribution in [0.2, 0.25) is 5.15 Å². The van der Waals surface area contributed by atoms with Crippen LogP contribution < -0.4 is 10.1 Å². The van der Waals surface area contributed by atoms with Crippen LogP contribution in [-0.2, 0) is 4.79 Å². The van der Waals surface area contributed by atoms with E-state index < -0.39 is 0 Å². The molecule has 1 atom stereocenters. The monoisotopic (exact) mass is 321 g/mol. The molecule has 1 aliphatic heterocycles. The predicted molar refractivity (Wildman–Crippen MR) is 82.1 cm³/mol. The minimum atomic E-state index is -0.209. The summed E-state index contributed by atoms with van der Waals surface area (Å²) in [5.74, 6) is 0.824. The second kappa shape index (κ2) is 5.91. The fraction of sp³-hybridized carbons (Fsp3) is 0.214. The smallest absolute Gasteiger partial charge is 0.235 e. The summed E-state index contributed by atoms with van der Waals surface area (Å²) in [6.07, 6.45) is 0. The molecule has 0 saturated carbocycles. The fourth-order valence-electron chi connectivity index (χ4n) is 2.13. The molecule has 0 radical (unpaired) electrons. The van der Waals surface area contributed by atoms with Crippen molar-refractivity contribution < 1.29 is 9.53 Å². The number of methoxy groups -OCH3 is 1. The highest BCUT2D eigenvalue weighted by Crippen LogP contribution is 2.39. The molecule has 2 aromatic rings. The van der Waals surface area contributed by atoms with E-state index in [0.717, 1.165) is 10.5 Å². The van der Waals surface area contributed by atoms with Crippen molar-refractivity contribution in [2.24, 2.45) is 0 Å². The molecule has 7 heteroatoms. The van der Waals surface area contributed by atoms with Gasteiger partial charge in [-0.25, -0.2) is 4.98 Å². The van der Waals surface area contributed by atoms with Crippen molar-refractivity contribution in [2.75, 3.05) is 18.2 Å². The molecule has 0 saturated heterocycles. The van der Waals surface area contributed by atoms with Gasteiger partial charge in [-0.1, -0.05) is 29.8 Å². The Bertz CT molecular complexity index is 696. The molecule has 0 bridgehead atoms. The van der Waals surface area contributed by atoms with Crippen LogP contribution in [0, 0.1) is 0 Å². The number of thioether (sulfide) groups is 1. The molecule has 0 aliphatic carbocycles. The molecule has 1 aromatic carbocycles. The van der Waals surface area contributed by atoms with Gasteiger partial charge in [0.15, 0.2) is 0 Å². The van der Waals surface area contributed by atoms with E-state index in [1.54, 1.807) is 11.8 Å². The third-order valence-corrected chi connectivity index (χ3v) is 4.51. The van der Waals surface area contributed by atoms with E-state index in [4.69, 9.17) is 16.3 Å². The van der Waals surface area contributed by atoms with E-state index in [9.17, 15) is 4.79 Å². The van der Waals surface area contributed by atoms with E-state index in [-0.39, 0.29) is 22.9 Å². The molecule has 21 heavy (non-hydrogen) atoms. The minimum absolute atomic E-state index is 0.142. The zero-order valence-electron chi connectivity index (χ0n) is 11.2. The van der Waals surface area contributed by atoms with Gasteiger partial charge in [0.05, 0.1) is 13.0 Å². The van der Waals surface area contributed by atoms with Crippen molar-refractivity contribution in [1.82, 2.24) is 9.97 Å². The molecule has 5 nitrogen and oxygen atoms in total. The van der Waals surface area contributed by atoms with E-state index >= 15 is 0 Å². The van der Waals surface area contributed by atoms with Gasteiger partial charge in [-0.2, -0.15) is 4.98 Å². The number of nitrogens with zero attached hydrogens (tertiary/aromatic N) is 2. The number of hydrogen-bond acceptors (Lipinski definition) is 5. The Morgan fingerprint density at radius 2 is 2.24 bits per heavy atom. The lowest BCUT2D eigenvalue weighted by atomic mass is 10.0. The van der Waals surface area contributed by atoms with Gasteiger partial charge in [0.1, 0.15) is 5.15 Å². The normalized spacial score (nSPS) is 16.4. The molecule has 0 spiro atoms. The number of benzene rings is 1. The second-order valence-corrected chi connectivity index (χ2v) is 5.90. The van der Waals surface area contributed by atoms with Gasteiger partial charge in [0.2, 0.25) is 17.7 Å². The van der Waals surface area contributed by atoms with Crippen LogP contribution in [-0.4, -0.2) is 28.7 Å². The maximum atomic E-state index is 12.4. The SMILES string of the molecule is COc1cc(Cl)nc(NC(=O)C2CSc3ccccc32)n1. The van der Waals surface area contributed by atoms with Gasteiger partial charge in [-0.05, 0) is 11.6 Å². The zero-order chi connectivity index (χ0) is 14.8. The van der Waals surface area contributed by atoms with Crippen LogP contribution in [0.4, 0.5) is 5.95 Å². The Labute approximate surface area is 131 Å². The highest BCUT2D eigenvalue weighted by atomic mass is 35.5. The molecule has 1 N–H and O–H groups in total. The first-order valence-electron chi connectivity index (χ1n) is 6.28. The van der Waals surface area contributed by atoms with Crippen molar-refractivity contribution in [3.05, 3.63) is 41.0 Å². The van der Waals surface area contributed by atoms with Gasteiger partial charge >= 0.3 is 0 Å². The maximum absolute atomic E-state index is 12.4. The summed E-state index contributed by atoms with van der Waals surface area (Å²) in [5.41, 5.74) is 1.04. The maximum Gasteiger partial charge on any atom is 0.235 e. The first-order chi connectivity index (χ1) is 10.2. The number of anilines is 1. The number of rotatable bonds is 3. The molecule has 0 fully saturated rings. The van der Waals surface area contributed by atoms with E-state index in [1.165, 1.54) is 13.2 Å². The largest absolute Gasteiger partial charge is 0.481 e. The molecule has 1 amide bonds. The molecule has 3 rings (SSSR count). The summed E-state index contributed by atoms with van der Waals surface area (Å²) in [6.45, 7) is 0. The molecule has 1 unspecified atom stereocenters. The zero-order valence-corrected chi connectivity index (χ0v) is 12.7. The van der Waals surface area contributed by atoms with Gasteiger partial charge in [0.25, 0.3) is 0 Å². The summed E-state index contributed by atoms with van der Waals surface area (Å²) in [6, 6.07) is 9.38. The number of hydrogen-bond donors (Lipinski definition) is 1. The number of halogens is 1. The van der Waals surface area contributed by atoms with Crippen LogP contribution in [0.3, 0.4) is 0 Å². The highest BCUT2D eigenvalue weighted by Gasteiger charge is 2.29. The van der Waals surface area contributed by atoms with E-state index in [1.807, 2.05) is 24.3 Å². The summed E-state index contributed by atoms with van der Waals surface area (Å²) < 4.78 is 5.01. The van der Waals surface area contributed by atoms with Crippen LogP contribution in [0.1, 0.15) is 11.5 Å². The Hall–Kier alpha value is -1.79. The number of aromatic nitrogens is 2. The Kier molecular flexibility index (Phi) is 3.98. The van der Waals surface area contributed by atoms with Gasteiger partial charge < -0.3 is 4.74 Å². The first kappa shape index (κ1) is 14.2. The summed E-state index contributed by atoms with van der Waals surface area (Å²) in [7, 11) is 1.48. The first-order valence-corrected chi connectivity index (χ1v) is 7.65. The summed E-state index contributed by atoms with van der Waals surface area (Å²) >= 11 is 7.54. The quantitative estimate of drug-likeness (QED) is 0.880. The molecular weight excluding hydrogens is 310 g/mol. The van der Waals surface area contributed by atoms with Crippen LogP contribution >= 0.6 is 23.4 Å². The Balaban J connectivity index is 1.80. The molecule has 1 aliphatic rings. The van der Waals surface area contributed by atoms with Crippen molar-refractivity contribution in [1.29, 1.82) is 0 Å². The van der Waals surface area contributed by atoms with Crippen molar-refractivity contribution in [2.45, 2.75) is 10.8 Å². The Morgan fingerprint density at radius 1 is 1.43 bits per heavy atom. The lowest BCUT2D eigenvalue weighted by molar-refractivity contribution is -0.117. The lowest BCUT2D eigenvalue weighted by Gasteiger charge is -2.11. The van der Waals surface area contributed by atoms with Crippen LogP contribution in [0.5, 0.6) is 5.88 Å². The Morgan fingerprint density at radius 3 is 3.05 bits per heavy atom. The minimum Gasteiger partial charge on any atom is -0.481 e. The van der Waals surface area contributed by atoms with E-state index in [2.05, 4.69) is 15.3 Å². The van der Waals surface area contributed by atoms with Gasteiger partial charge in [0, 0.05) is 16.7 Å². The molecule has 2 heterocycles. The van der Waals surface area contributed by atoms with Gasteiger partial charge in [-0.15, -0.1) is 11.8 Å². The average Bonchev–Trinajstić information content (AvgIpc) is 2.90. The highest BCUT2D eigenvalue weighted by molar-refractivity contribution is 7.99. The second-order valence-electron chi connectivity index (χ2n) is 4.45. The van der Waals surface area contributed by atoms with Crippen molar-refractivity contribution in [3.63, 3.8) is 0 Å². The topological polar surface area (TPSA) is 64.1 Å². The van der Waals surface area contributed by atoms with Gasteiger partial charge in [-0.3, -0.25) is 10.1 Å². The number of carbonyl (C=O) groups is 1. The average molecular weight is 322 g/mol. The molecule has 1 aromatic heterocycles. The summed E-state index contributed by atoms with van der Waals surface area (Å²) in [4.78, 5) is 21.6. The predicted octanol–water partition coefficient (Wildman–Crippen LogP) is 2.97. The summed E-state index contributed by atoms with van der Waals surface area (Å²) in [5, 5.41) is 2.92. The third-order valence-electron chi connectivity index (χ3n) is 3.13. The number of fused-ring (bicyclic) bond motifs is 1. The number of carbonyl (C=O) groups excluding carboxylic acids is 1. The molecule has 108 valence electrons. The van der Waals surface area contributed by atoms with Crippen LogP contribution in [0.15, 0.2) is 35.2 Å². The lowest BCUT2D eigenvalue weighted by Crippen LogP contribution is -2.22. The number of ether oxygens (including phenoxy) is 1. The fourth-order valence-corrected chi connectivity index (χ4v) is 3.54. The molecular formula is C14H12ClN3O2S. The number of amides is 1. The van der Waals surface area contributed by atoms with Crippen LogP contribution in [0.25, 0.3) is 0 Å². The van der Waals surface area contributed by atoms with E-state index in [0.29, 0.717) is 11.6 Å². The van der Waals surface area contributed by atoms with Crippen molar-refractivity contribution in [3.8, 4) is 5.88 Å². The van der Waals surface area contributed by atoms with Crippen molar-refractivity contribution >= 4 is 35.2 Å². The number of nitrogens with one attached hydrogen (secondary N) is 1.